The van der Waals surface area contributed by atoms with Gasteiger partial charge in [0.1, 0.15) is 0 Å². The molecule has 6 nitrogen and oxygen atoms in total. The van der Waals surface area contributed by atoms with Crippen LogP contribution in [0.5, 0.6) is 0 Å². The van der Waals surface area contributed by atoms with Gasteiger partial charge in [-0.2, -0.15) is 5.10 Å². The number of likely N-dealkylation sites (tertiary alicyclic amines) is 1. The van der Waals surface area contributed by atoms with Crippen LogP contribution in [0.25, 0.3) is 0 Å². The fraction of sp³-hybridized carbons (Fsp3) is 0.500. The Morgan fingerprint density at radius 1 is 1.29 bits per heavy atom. The number of hydrogen-bond donors (Lipinski definition) is 2. The Morgan fingerprint density at radius 2 is 2.12 bits per heavy atom. The number of hydrogen-bond acceptors (Lipinski definition) is 4. The molecular weight excluding hydrogens is 304 g/mol. The molecule has 2 heterocycles. The lowest BCUT2D eigenvalue weighted by Gasteiger charge is -2.34. The number of amides is 2. The van der Waals surface area contributed by atoms with E-state index in [-0.39, 0.29) is 11.8 Å². The minimum Gasteiger partial charge on any atom is -0.381 e. The van der Waals surface area contributed by atoms with Crippen LogP contribution in [0.1, 0.15) is 38.5 Å². The number of piperidine rings is 1. The molecule has 0 radical (unpaired) electrons. The first-order valence-corrected chi connectivity index (χ1v) is 8.64. The summed E-state index contributed by atoms with van der Waals surface area (Å²) in [6.45, 7) is 1.58. The van der Waals surface area contributed by atoms with Gasteiger partial charge in [-0.3, -0.25) is 9.59 Å². The van der Waals surface area contributed by atoms with Crippen LogP contribution in [0.2, 0.25) is 0 Å². The second kappa shape index (κ2) is 7.95. The number of nitrogens with zero attached hydrogens (tertiary/aromatic N) is 2. The lowest BCUT2D eigenvalue weighted by molar-refractivity contribution is -0.132. The third-order valence-electron chi connectivity index (χ3n) is 4.53. The summed E-state index contributed by atoms with van der Waals surface area (Å²) in [6.07, 6.45) is 4.33. The highest BCUT2D eigenvalue weighted by atomic mass is 16.2. The molecule has 2 aliphatic rings. The van der Waals surface area contributed by atoms with Crippen LogP contribution >= 0.6 is 0 Å². The Bertz CT molecular complexity index is 615. The third-order valence-corrected chi connectivity index (χ3v) is 4.53. The highest BCUT2D eigenvalue weighted by molar-refractivity contribution is 5.94. The zero-order valence-corrected chi connectivity index (χ0v) is 13.8. The van der Waals surface area contributed by atoms with Crippen molar-refractivity contribution in [2.24, 2.45) is 5.10 Å². The number of carbonyl (C=O) groups is 2. The number of para-hydroxylation sites is 1. The van der Waals surface area contributed by atoms with Crippen molar-refractivity contribution in [3.8, 4) is 0 Å². The average Bonchev–Trinajstić information content (AvgIpc) is 2.62. The number of anilines is 1. The maximum absolute atomic E-state index is 12.5. The zero-order chi connectivity index (χ0) is 16.8. The summed E-state index contributed by atoms with van der Waals surface area (Å²) in [7, 11) is 0. The van der Waals surface area contributed by atoms with E-state index in [1.54, 1.807) is 0 Å². The maximum Gasteiger partial charge on any atom is 0.240 e. The Kier molecular flexibility index (Phi) is 5.46. The van der Waals surface area contributed by atoms with Gasteiger partial charge in [0.15, 0.2) is 0 Å². The molecule has 2 N–H and O–H groups in total. The summed E-state index contributed by atoms with van der Waals surface area (Å²) in [6, 6.07) is 10.4. The largest absolute Gasteiger partial charge is 0.381 e. The Labute approximate surface area is 142 Å². The van der Waals surface area contributed by atoms with Crippen molar-refractivity contribution in [2.45, 2.75) is 44.6 Å². The Hall–Kier alpha value is -2.37. The van der Waals surface area contributed by atoms with Crippen molar-refractivity contribution in [3.05, 3.63) is 30.3 Å². The number of nitrogens with one attached hydrogen (secondary N) is 2. The van der Waals surface area contributed by atoms with Gasteiger partial charge in [0.25, 0.3) is 0 Å². The lowest BCUT2D eigenvalue weighted by atomic mass is 10.0. The molecule has 3 rings (SSSR count). The standard InChI is InChI=1S/C18H24N4O2/c23-17-10-8-15(20-21-17)9-11-18(24)22-12-4-7-16(13-22)19-14-5-2-1-3-6-14/h1-3,5-6,16,19H,4,7-13H2,(H,21,23)/t16-/m1/s1. The predicted octanol–water partition coefficient (Wildman–Crippen LogP) is 2.14. The van der Waals surface area contributed by atoms with E-state index in [2.05, 4.69) is 28.0 Å². The molecule has 0 aromatic heterocycles. The molecule has 1 fully saturated rings. The van der Waals surface area contributed by atoms with Crippen molar-refractivity contribution in [1.82, 2.24) is 10.3 Å². The summed E-state index contributed by atoms with van der Waals surface area (Å²) in [5, 5.41) is 7.54. The van der Waals surface area contributed by atoms with Gasteiger partial charge in [0.2, 0.25) is 11.8 Å². The normalized spacial score (nSPS) is 21.0. The highest BCUT2D eigenvalue weighted by Gasteiger charge is 2.24. The van der Waals surface area contributed by atoms with Crippen molar-refractivity contribution >= 4 is 23.2 Å². The minimum atomic E-state index is -0.0454. The summed E-state index contributed by atoms with van der Waals surface area (Å²) in [5.41, 5.74) is 4.50. The fourth-order valence-corrected chi connectivity index (χ4v) is 3.19. The molecule has 0 unspecified atom stereocenters. The molecule has 1 saturated heterocycles. The van der Waals surface area contributed by atoms with E-state index in [0.717, 1.165) is 37.3 Å². The summed E-state index contributed by atoms with van der Waals surface area (Å²) >= 11 is 0. The molecule has 0 bridgehead atoms. The topological polar surface area (TPSA) is 73.8 Å². The quantitative estimate of drug-likeness (QED) is 0.869. The summed E-state index contributed by atoms with van der Waals surface area (Å²) in [4.78, 5) is 25.5. The number of benzene rings is 1. The van der Waals surface area contributed by atoms with Gasteiger partial charge in [0, 0.05) is 43.4 Å². The van der Waals surface area contributed by atoms with Crippen molar-refractivity contribution in [2.75, 3.05) is 18.4 Å². The summed E-state index contributed by atoms with van der Waals surface area (Å²) in [5.74, 6) is 0.130. The van der Waals surface area contributed by atoms with Crippen molar-refractivity contribution in [1.29, 1.82) is 0 Å². The average molecular weight is 328 g/mol. The molecule has 2 amide bonds. The smallest absolute Gasteiger partial charge is 0.240 e. The zero-order valence-electron chi connectivity index (χ0n) is 13.8. The second-order valence-corrected chi connectivity index (χ2v) is 6.40. The molecule has 24 heavy (non-hydrogen) atoms. The maximum atomic E-state index is 12.5. The monoisotopic (exact) mass is 328 g/mol. The van der Waals surface area contributed by atoms with Crippen LogP contribution in [0.4, 0.5) is 5.69 Å². The van der Waals surface area contributed by atoms with Crippen molar-refractivity contribution in [3.63, 3.8) is 0 Å². The van der Waals surface area contributed by atoms with E-state index in [1.807, 2.05) is 23.1 Å². The van der Waals surface area contributed by atoms with Crippen LogP contribution in [-0.4, -0.2) is 41.6 Å². The van der Waals surface area contributed by atoms with Crippen LogP contribution in [0.15, 0.2) is 35.4 Å². The van der Waals surface area contributed by atoms with E-state index in [4.69, 9.17) is 0 Å². The first-order valence-electron chi connectivity index (χ1n) is 8.64. The Balaban J connectivity index is 1.47. The molecule has 6 heteroatoms. The summed E-state index contributed by atoms with van der Waals surface area (Å²) < 4.78 is 0. The predicted molar refractivity (Wildman–Crippen MR) is 93.7 cm³/mol. The van der Waals surface area contributed by atoms with Crippen LogP contribution in [0.3, 0.4) is 0 Å². The molecule has 128 valence electrons. The van der Waals surface area contributed by atoms with Gasteiger partial charge in [-0.25, -0.2) is 5.43 Å². The third kappa shape index (κ3) is 4.57. The molecule has 0 spiro atoms. The number of hydrazone groups is 1. The molecule has 1 aromatic rings. The van der Waals surface area contributed by atoms with Crippen molar-refractivity contribution < 1.29 is 9.59 Å². The SMILES string of the molecule is O=C1CCC(CCC(=O)N2CCC[C@@H](Nc3ccccc3)C2)=NN1. The molecule has 1 aromatic carbocycles. The van der Waals surface area contributed by atoms with E-state index in [1.165, 1.54) is 0 Å². The van der Waals surface area contributed by atoms with Gasteiger partial charge in [-0.05, 0) is 37.8 Å². The van der Waals surface area contributed by atoms with Gasteiger partial charge in [-0.15, -0.1) is 0 Å². The molecule has 2 aliphatic heterocycles. The van der Waals surface area contributed by atoms with E-state index >= 15 is 0 Å². The molecular formula is C18H24N4O2. The van der Waals surface area contributed by atoms with E-state index < -0.39 is 0 Å². The first-order chi connectivity index (χ1) is 11.7. The highest BCUT2D eigenvalue weighted by Crippen LogP contribution is 2.17. The van der Waals surface area contributed by atoms with Gasteiger partial charge in [0.05, 0.1) is 0 Å². The van der Waals surface area contributed by atoms with Crippen LogP contribution in [-0.2, 0) is 9.59 Å². The molecule has 0 saturated carbocycles. The molecule has 1 atom stereocenters. The van der Waals surface area contributed by atoms with E-state index in [9.17, 15) is 9.59 Å². The van der Waals surface area contributed by atoms with Gasteiger partial charge in [-0.1, -0.05) is 18.2 Å². The second-order valence-electron chi connectivity index (χ2n) is 6.40. The molecule has 0 aliphatic carbocycles. The lowest BCUT2D eigenvalue weighted by Crippen LogP contribution is -2.45. The number of rotatable bonds is 5. The Morgan fingerprint density at radius 3 is 2.88 bits per heavy atom. The van der Waals surface area contributed by atoms with E-state index in [0.29, 0.717) is 31.7 Å². The minimum absolute atomic E-state index is 0.0454. The number of carbonyl (C=O) groups excluding carboxylic acids is 2. The fourth-order valence-electron chi connectivity index (χ4n) is 3.19. The first kappa shape index (κ1) is 16.5. The van der Waals surface area contributed by atoms with Gasteiger partial charge < -0.3 is 10.2 Å². The van der Waals surface area contributed by atoms with Gasteiger partial charge >= 0.3 is 0 Å². The van der Waals surface area contributed by atoms with Crippen LogP contribution in [0, 0.1) is 0 Å². The van der Waals surface area contributed by atoms with Crippen LogP contribution < -0.4 is 10.7 Å².